The van der Waals surface area contributed by atoms with Crippen molar-refractivity contribution in [2.75, 3.05) is 14.2 Å². The number of carbonyl (C=O) groups is 4. The van der Waals surface area contributed by atoms with Crippen LogP contribution in [0, 0.1) is 27.7 Å². The van der Waals surface area contributed by atoms with E-state index in [2.05, 4.69) is 42.4 Å². The number of hydrogen-bond donors (Lipinski definition) is 2. The Hall–Kier alpha value is -3.84. The Morgan fingerprint density at radius 2 is 0.974 bits per heavy atom. The highest BCUT2D eigenvalue weighted by Gasteiger charge is 2.31. The van der Waals surface area contributed by atoms with Crippen LogP contribution in [0.2, 0.25) is 0 Å². The second-order valence-corrected chi connectivity index (χ2v) is 23.3. The predicted molar refractivity (Wildman–Crippen MR) is 312 cm³/mol. The van der Waals surface area contributed by atoms with Crippen molar-refractivity contribution in [3.8, 4) is 11.5 Å². The zero-order chi connectivity index (χ0) is 57.7. The van der Waals surface area contributed by atoms with Crippen LogP contribution in [0.3, 0.4) is 0 Å². The van der Waals surface area contributed by atoms with E-state index in [-0.39, 0.29) is 30.6 Å². The lowest BCUT2D eigenvalue weighted by Crippen LogP contribution is -2.44. The SMILES string of the molecule is CC(C)(C)OC(=O)NC1CCCCC1.CC(C)(C)OC(=O)OC(=O)OC(C)(C)C.COc1c(C)cnc(CCl)c1C.COc1c(C)cnc(CN(C(=O)OC(C)(C)C)C2CCCCC2)c1C.Cl.NC1CCCCC1.S=S. The van der Waals surface area contributed by atoms with Crippen molar-refractivity contribution in [3.05, 3.63) is 46.0 Å². The number of halogens is 2. The number of alkyl halides is 1. The normalized spacial score (nSPS) is 15.0. The Morgan fingerprint density at radius 1 is 0.605 bits per heavy atom. The standard InChI is InChI=1S/C20H32N2O3.C11H21NO2.C10H18O5.C9H12ClNO.C6H13N.ClH.S2/c1-14-12-21-17(15(2)18(14)24-6)13-22(16-10-8-7-9-11-16)19(23)25-20(3,4)5;1-11(2,3)14-10(13)12-9-7-5-4-6-8-9;1-9(2,3)14-7(11)13-8(12)15-10(4,5)6;1-6-5-11-8(4-10)7(2)9(6)12-3;7-6-4-2-1-3-5-6;;1-2/h12,16H,7-11,13H2,1-6H3;9H,4-8H2,1-3H3,(H,12,13);1-6H3;5H,4H2,1-3H3;6H,1-5,7H2;1H;. The number of nitrogens with zero attached hydrogens (tertiary/aromatic N) is 3. The minimum Gasteiger partial charge on any atom is -0.496 e. The Kier molecular flexibility index (Phi) is 36.2. The number of nitrogens with one attached hydrogen (secondary N) is 1. The Balaban J connectivity index is 0. The summed E-state index contributed by atoms with van der Waals surface area (Å²) >= 11 is 13.0. The van der Waals surface area contributed by atoms with Crippen molar-refractivity contribution < 1.29 is 52.3 Å². The molecule has 16 nitrogen and oxygen atoms in total. The van der Waals surface area contributed by atoms with E-state index in [4.69, 9.17) is 45.8 Å². The topological polar surface area (TPSA) is 200 Å². The van der Waals surface area contributed by atoms with Gasteiger partial charge in [0.1, 0.15) is 33.9 Å². The fourth-order valence-electron chi connectivity index (χ4n) is 8.12. The number of aryl methyl sites for hydroxylation is 2. The van der Waals surface area contributed by atoms with Crippen LogP contribution in [0.4, 0.5) is 19.2 Å². The summed E-state index contributed by atoms with van der Waals surface area (Å²) < 4.78 is 35.4. The fourth-order valence-corrected chi connectivity index (χ4v) is 8.39. The highest BCUT2D eigenvalue weighted by atomic mass is 35.5. The highest BCUT2D eigenvalue weighted by molar-refractivity contribution is 8.07. The average molecular weight is 1150 g/mol. The molecular formula is C56H97Cl2N5O11S2. The molecule has 3 saturated carbocycles. The Labute approximate surface area is 478 Å². The molecule has 0 unspecified atom stereocenters. The van der Waals surface area contributed by atoms with Gasteiger partial charge >= 0.3 is 24.5 Å². The third-order valence-corrected chi connectivity index (χ3v) is 11.8. The summed E-state index contributed by atoms with van der Waals surface area (Å²) in [6.07, 6.45) is 19.2. The van der Waals surface area contributed by atoms with E-state index in [1.165, 1.54) is 57.8 Å². The summed E-state index contributed by atoms with van der Waals surface area (Å²) in [6, 6.07) is 1.09. The molecule has 3 aliphatic rings. The van der Waals surface area contributed by atoms with E-state index >= 15 is 0 Å². The van der Waals surface area contributed by atoms with Gasteiger partial charge in [0.25, 0.3) is 0 Å². The molecule has 20 heteroatoms. The Bertz CT molecular complexity index is 1980. The van der Waals surface area contributed by atoms with Crippen molar-refractivity contribution in [1.82, 2.24) is 20.2 Å². The number of nitrogens with two attached hydrogens (primary N) is 1. The minimum atomic E-state index is -1.06. The van der Waals surface area contributed by atoms with Gasteiger partial charge in [0.15, 0.2) is 0 Å². The number of rotatable bonds is 7. The second-order valence-electron chi connectivity index (χ2n) is 23.0. The third-order valence-electron chi connectivity index (χ3n) is 11.5. The van der Waals surface area contributed by atoms with Crippen molar-refractivity contribution in [3.63, 3.8) is 0 Å². The van der Waals surface area contributed by atoms with Crippen molar-refractivity contribution in [2.24, 2.45) is 5.73 Å². The number of carbonyl (C=O) groups excluding carboxylic acids is 4. The molecule has 3 fully saturated rings. The summed E-state index contributed by atoms with van der Waals surface area (Å²) in [5, 5.41) is 2.91. The Morgan fingerprint density at radius 3 is 1.33 bits per heavy atom. The maximum Gasteiger partial charge on any atom is 0.519 e. The number of aromatic nitrogens is 2. The molecule has 0 saturated heterocycles. The number of amides is 2. The summed E-state index contributed by atoms with van der Waals surface area (Å²) in [5.74, 6) is 2.17. The zero-order valence-electron chi connectivity index (χ0n) is 49.4. The molecule has 0 aromatic carbocycles. The lowest BCUT2D eigenvalue weighted by molar-refractivity contribution is -0.0294. The second kappa shape index (κ2) is 37.1. The molecule has 5 rings (SSSR count). The summed E-state index contributed by atoms with van der Waals surface area (Å²) in [6.45, 7) is 29.8. The van der Waals surface area contributed by atoms with E-state index in [0.717, 1.165) is 83.7 Å². The molecular weight excluding hydrogens is 1050 g/mol. The van der Waals surface area contributed by atoms with E-state index in [1.807, 2.05) is 80.3 Å². The van der Waals surface area contributed by atoms with Gasteiger partial charge in [0.2, 0.25) is 0 Å². The third kappa shape index (κ3) is 33.5. The van der Waals surface area contributed by atoms with Gasteiger partial charge in [-0.3, -0.25) is 14.9 Å². The monoisotopic (exact) mass is 1150 g/mol. The first-order valence-electron chi connectivity index (χ1n) is 26.4. The average Bonchev–Trinajstić information content (AvgIpc) is 3.29. The first-order valence-corrected chi connectivity index (χ1v) is 28.3. The largest absolute Gasteiger partial charge is 0.519 e. The van der Waals surface area contributed by atoms with Crippen LogP contribution >= 0.6 is 24.0 Å². The number of pyridine rings is 2. The van der Waals surface area contributed by atoms with Crippen LogP contribution in [-0.2, 0) is 58.5 Å². The molecule has 0 bridgehead atoms. The van der Waals surface area contributed by atoms with Gasteiger partial charge in [0, 0.05) is 75.1 Å². The predicted octanol–water partition coefficient (Wildman–Crippen LogP) is 14.6. The van der Waals surface area contributed by atoms with Crippen LogP contribution in [0.1, 0.15) is 213 Å². The summed E-state index contributed by atoms with van der Waals surface area (Å²) in [7, 11) is 3.33. The van der Waals surface area contributed by atoms with Gasteiger partial charge in [-0.2, -0.15) is 0 Å². The smallest absolute Gasteiger partial charge is 0.496 e. The lowest BCUT2D eigenvalue weighted by Gasteiger charge is -2.35. The molecule has 0 aliphatic heterocycles. The van der Waals surface area contributed by atoms with Crippen molar-refractivity contribution >= 4 is 70.9 Å². The van der Waals surface area contributed by atoms with E-state index in [0.29, 0.717) is 24.5 Å². The molecule has 438 valence electrons. The van der Waals surface area contributed by atoms with E-state index in [9.17, 15) is 19.2 Å². The van der Waals surface area contributed by atoms with Crippen LogP contribution in [0.25, 0.3) is 0 Å². The lowest BCUT2D eigenvalue weighted by atomic mass is 9.94. The van der Waals surface area contributed by atoms with E-state index < -0.39 is 34.7 Å². The molecule has 2 aromatic heterocycles. The quantitative estimate of drug-likeness (QED) is 0.115. The molecule has 76 heavy (non-hydrogen) atoms. The molecule has 0 atom stereocenters. The molecule has 3 aliphatic carbocycles. The maximum atomic E-state index is 12.8. The maximum absolute atomic E-state index is 12.8. The number of methoxy groups -OCH3 is 2. The molecule has 2 heterocycles. The molecule has 3 N–H and O–H groups in total. The van der Waals surface area contributed by atoms with Gasteiger partial charge in [-0.15, -0.1) is 24.0 Å². The van der Waals surface area contributed by atoms with Crippen LogP contribution < -0.4 is 20.5 Å². The van der Waals surface area contributed by atoms with Crippen molar-refractivity contribution in [1.29, 1.82) is 0 Å². The number of hydrogen-bond acceptors (Lipinski definition) is 16. The molecule has 0 radical (unpaired) electrons. The molecule has 2 aromatic rings. The first-order chi connectivity index (χ1) is 34.8. The van der Waals surface area contributed by atoms with Crippen LogP contribution in [-0.4, -0.2) is 94.1 Å². The van der Waals surface area contributed by atoms with Gasteiger partial charge in [-0.25, -0.2) is 19.2 Å². The number of ether oxygens (including phenoxy) is 7. The van der Waals surface area contributed by atoms with Crippen molar-refractivity contribution in [2.45, 2.75) is 260 Å². The van der Waals surface area contributed by atoms with Gasteiger partial charge in [-0.05, 0) is 149 Å². The minimum absolute atomic E-state index is 0. The van der Waals surface area contributed by atoms with Crippen LogP contribution in [0.5, 0.6) is 11.5 Å². The number of alkyl carbamates (subject to hydrolysis) is 1. The highest BCUT2D eigenvalue weighted by Crippen LogP contribution is 2.30. The molecule has 0 spiro atoms. The summed E-state index contributed by atoms with van der Waals surface area (Å²) in [4.78, 5) is 56.9. The fraction of sp³-hybridized carbons (Fsp3) is 0.750. The first kappa shape index (κ1) is 74.2. The van der Waals surface area contributed by atoms with Crippen LogP contribution in [0.15, 0.2) is 12.4 Å². The van der Waals surface area contributed by atoms with Gasteiger partial charge < -0.3 is 44.2 Å². The van der Waals surface area contributed by atoms with Gasteiger partial charge in [0.05, 0.1) is 38.0 Å². The zero-order valence-corrected chi connectivity index (χ0v) is 52.6. The molecule has 2 amide bonds. The summed E-state index contributed by atoms with van der Waals surface area (Å²) in [5.41, 5.74) is 9.19. The van der Waals surface area contributed by atoms with E-state index in [1.54, 1.807) is 62.0 Å². The van der Waals surface area contributed by atoms with Gasteiger partial charge in [-0.1, -0.05) is 57.8 Å².